The van der Waals surface area contributed by atoms with Crippen LogP contribution < -0.4 is 10.1 Å². The highest BCUT2D eigenvalue weighted by molar-refractivity contribution is 5.81. The summed E-state index contributed by atoms with van der Waals surface area (Å²) in [5, 5.41) is 12.8. The molecule has 1 saturated heterocycles. The first-order chi connectivity index (χ1) is 11.6. The molecule has 0 bridgehead atoms. The van der Waals surface area contributed by atoms with Crippen LogP contribution in [0.1, 0.15) is 37.3 Å². The van der Waals surface area contributed by atoms with Crippen LogP contribution in [0.5, 0.6) is 5.75 Å². The van der Waals surface area contributed by atoms with Crippen molar-refractivity contribution in [3.05, 3.63) is 29.3 Å². The van der Waals surface area contributed by atoms with Gasteiger partial charge < -0.3 is 15.0 Å². The van der Waals surface area contributed by atoms with Crippen LogP contribution in [0.4, 0.5) is 0 Å². The molecule has 0 aromatic heterocycles. The average molecular weight is 327 g/mol. The number of hydrogen-bond donors (Lipinski definition) is 1. The van der Waals surface area contributed by atoms with Gasteiger partial charge in [0.05, 0.1) is 12.7 Å². The van der Waals surface area contributed by atoms with E-state index in [1.54, 1.807) is 7.11 Å². The van der Waals surface area contributed by atoms with Gasteiger partial charge >= 0.3 is 0 Å². The molecule has 5 nitrogen and oxygen atoms in total. The highest BCUT2D eigenvalue weighted by Crippen LogP contribution is 2.32. The number of amides is 1. The molecule has 2 atom stereocenters. The van der Waals surface area contributed by atoms with Gasteiger partial charge in [0.1, 0.15) is 11.8 Å². The Morgan fingerprint density at radius 1 is 1.42 bits per heavy atom. The summed E-state index contributed by atoms with van der Waals surface area (Å²) in [5.74, 6) is 1.72. The van der Waals surface area contributed by atoms with Gasteiger partial charge in [0.25, 0.3) is 0 Å². The minimum absolute atomic E-state index is 0.311. The van der Waals surface area contributed by atoms with Crippen molar-refractivity contribution in [1.29, 1.82) is 5.26 Å². The second kappa shape index (κ2) is 7.23. The zero-order valence-corrected chi connectivity index (χ0v) is 14.4. The first-order valence-electron chi connectivity index (χ1n) is 8.71. The fourth-order valence-electron chi connectivity index (χ4n) is 3.44. The molecule has 1 N–H and O–H groups in total. The van der Waals surface area contributed by atoms with E-state index < -0.39 is 0 Å². The number of hydrogen-bond acceptors (Lipinski definition) is 4. The predicted octanol–water partition coefficient (Wildman–Crippen LogP) is 2.30. The predicted molar refractivity (Wildman–Crippen MR) is 91.4 cm³/mol. The third-order valence-electron chi connectivity index (χ3n) is 5.10. The Kier molecular flexibility index (Phi) is 5.06. The maximum Gasteiger partial charge on any atom is 0.225 e. The van der Waals surface area contributed by atoms with Crippen LogP contribution in [0, 0.1) is 23.2 Å². The molecule has 1 aromatic rings. The van der Waals surface area contributed by atoms with E-state index in [0.717, 1.165) is 44.5 Å². The number of carbonyl (C=O) groups is 1. The number of rotatable bonds is 5. The molecule has 24 heavy (non-hydrogen) atoms. The first kappa shape index (κ1) is 16.8. The van der Waals surface area contributed by atoms with E-state index >= 15 is 0 Å². The molecule has 0 radical (unpaired) electrons. The number of nitriles is 1. The number of benzene rings is 1. The van der Waals surface area contributed by atoms with Crippen molar-refractivity contribution < 1.29 is 9.53 Å². The van der Waals surface area contributed by atoms with Crippen LogP contribution in [0.2, 0.25) is 0 Å². The molecule has 1 aromatic carbocycles. The Labute approximate surface area is 143 Å². The van der Waals surface area contributed by atoms with Gasteiger partial charge in [-0.2, -0.15) is 5.26 Å². The van der Waals surface area contributed by atoms with Crippen molar-refractivity contribution in [1.82, 2.24) is 10.2 Å². The Bertz CT molecular complexity index is 649. The molecule has 0 unspecified atom stereocenters. The topological polar surface area (TPSA) is 65.4 Å². The average Bonchev–Trinajstić information content (AvgIpc) is 3.44. The third-order valence-corrected chi connectivity index (χ3v) is 5.10. The number of nitrogens with one attached hydrogen (secondary N) is 1. The molecule has 2 fully saturated rings. The lowest BCUT2D eigenvalue weighted by Crippen LogP contribution is -2.50. The number of methoxy groups -OCH3 is 1. The highest BCUT2D eigenvalue weighted by Gasteiger charge is 2.36. The Hall–Kier alpha value is -2.06. The summed E-state index contributed by atoms with van der Waals surface area (Å²) in [4.78, 5) is 14.2. The Morgan fingerprint density at radius 3 is 2.83 bits per heavy atom. The summed E-state index contributed by atoms with van der Waals surface area (Å²) >= 11 is 0. The standard InChI is InChI=1S/C19H25N3O2/c1-13-12-22(19(23)15-4-5-15)8-7-17(13)21-11-14-3-6-18(24-2)16(9-14)10-20/h3,6,9,13,15,17,21H,4-5,7-8,11-12H2,1-2H3/t13-,17+/m1/s1. The van der Waals surface area contributed by atoms with Crippen LogP contribution in [0.3, 0.4) is 0 Å². The largest absolute Gasteiger partial charge is 0.495 e. The summed E-state index contributed by atoms with van der Waals surface area (Å²) in [6.45, 7) is 4.63. The van der Waals surface area contributed by atoms with Crippen LogP contribution in [0.25, 0.3) is 0 Å². The summed E-state index contributed by atoms with van der Waals surface area (Å²) in [6, 6.07) is 8.28. The summed E-state index contributed by atoms with van der Waals surface area (Å²) in [6.07, 6.45) is 3.13. The van der Waals surface area contributed by atoms with Crippen molar-refractivity contribution in [3.63, 3.8) is 0 Å². The van der Waals surface area contributed by atoms with Gasteiger partial charge in [-0.15, -0.1) is 0 Å². The molecule has 5 heteroatoms. The molecule has 3 rings (SSSR count). The van der Waals surface area contributed by atoms with Crippen LogP contribution in [-0.2, 0) is 11.3 Å². The Balaban J connectivity index is 1.54. The van der Waals surface area contributed by atoms with E-state index in [1.807, 2.05) is 23.1 Å². The fraction of sp³-hybridized carbons (Fsp3) is 0.579. The molecule has 1 aliphatic heterocycles. The van der Waals surface area contributed by atoms with E-state index in [2.05, 4.69) is 18.3 Å². The molecule has 2 aliphatic rings. The SMILES string of the molecule is COc1ccc(CN[C@H]2CCN(C(=O)C3CC3)C[C@H]2C)cc1C#N. The summed E-state index contributed by atoms with van der Waals surface area (Å²) < 4.78 is 5.18. The molecule has 128 valence electrons. The van der Waals surface area contributed by atoms with Gasteiger partial charge in [-0.25, -0.2) is 0 Å². The third kappa shape index (κ3) is 3.70. The minimum atomic E-state index is 0.311. The molecule has 1 saturated carbocycles. The Morgan fingerprint density at radius 2 is 2.21 bits per heavy atom. The zero-order chi connectivity index (χ0) is 17.1. The molecular weight excluding hydrogens is 302 g/mol. The lowest BCUT2D eigenvalue weighted by molar-refractivity contribution is -0.134. The van der Waals surface area contributed by atoms with Crippen molar-refractivity contribution >= 4 is 5.91 Å². The van der Waals surface area contributed by atoms with E-state index in [-0.39, 0.29) is 0 Å². The maximum atomic E-state index is 12.2. The van der Waals surface area contributed by atoms with Gasteiger partial charge in [-0.05, 0) is 42.9 Å². The number of ether oxygens (including phenoxy) is 1. The highest BCUT2D eigenvalue weighted by atomic mass is 16.5. The first-order valence-corrected chi connectivity index (χ1v) is 8.71. The summed E-state index contributed by atoms with van der Waals surface area (Å²) in [7, 11) is 1.58. The smallest absolute Gasteiger partial charge is 0.225 e. The van der Waals surface area contributed by atoms with Gasteiger partial charge in [0.15, 0.2) is 0 Å². The second-order valence-electron chi connectivity index (χ2n) is 6.96. The molecule has 1 heterocycles. The van der Waals surface area contributed by atoms with Gasteiger partial charge in [0.2, 0.25) is 5.91 Å². The maximum absolute atomic E-state index is 12.2. The van der Waals surface area contributed by atoms with E-state index in [4.69, 9.17) is 4.74 Å². The summed E-state index contributed by atoms with van der Waals surface area (Å²) in [5.41, 5.74) is 1.64. The number of nitrogens with zero attached hydrogens (tertiary/aromatic N) is 2. The monoisotopic (exact) mass is 327 g/mol. The zero-order valence-electron chi connectivity index (χ0n) is 14.4. The second-order valence-corrected chi connectivity index (χ2v) is 6.96. The molecule has 1 amide bonds. The van der Waals surface area contributed by atoms with Crippen molar-refractivity contribution in [3.8, 4) is 11.8 Å². The molecular formula is C19H25N3O2. The van der Waals surface area contributed by atoms with Gasteiger partial charge in [0, 0.05) is 31.6 Å². The van der Waals surface area contributed by atoms with Crippen LogP contribution in [0.15, 0.2) is 18.2 Å². The van der Waals surface area contributed by atoms with Gasteiger partial charge in [-0.3, -0.25) is 4.79 Å². The fourth-order valence-corrected chi connectivity index (χ4v) is 3.44. The minimum Gasteiger partial charge on any atom is -0.495 e. The van der Waals surface area contributed by atoms with Crippen molar-refractivity contribution in [2.45, 2.75) is 38.8 Å². The lowest BCUT2D eigenvalue weighted by Gasteiger charge is -2.37. The number of carbonyl (C=O) groups excluding carboxylic acids is 1. The molecule has 1 aliphatic carbocycles. The van der Waals surface area contributed by atoms with E-state index in [1.165, 1.54) is 0 Å². The number of piperidine rings is 1. The van der Waals surface area contributed by atoms with Crippen LogP contribution in [-0.4, -0.2) is 37.0 Å². The van der Waals surface area contributed by atoms with E-state index in [0.29, 0.717) is 35.1 Å². The quantitative estimate of drug-likeness (QED) is 0.901. The molecule has 0 spiro atoms. The van der Waals surface area contributed by atoms with Crippen molar-refractivity contribution in [2.24, 2.45) is 11.8 Å². The van der Waals surface area contributed by atoms with Crippen LogP contribution >= 0.6 is 0 Å². The number of likely N-dealkylation sites (tertiary alicyclic amines) is 1. The van der Waals surface area contributed by atoms with E-state index in [9.17, 15) is 10.1 Å². The van der Waals surface area contributed by atoms with Gasteiger partial charge in [-0.1, -0.05) is 13.0 Å². The van der Waals surface area contributed by atoms with Crippen molar-refractivity contribution in [2.75, 3.05) is 20.2 Å². The normalized spacial score (nSPS) is 23.6. The lowest BCUT2D eigenvalue weighted by atomic mass is 9.93.